The van der Waals surface area contributed by atoms with Crippen molar-refractivity contribution < 1.29 is 0 Å². The molecule has 0 atom stereocenters. The van der Waals surface area contributed by atoms with Crippen molar-refractivity contribution >= 4 is 33.2 Å². The number of nitrogens with zero attached hydrogens (tertiary/aromatic N) is 2. The van der Waals surface area contributed by atoms with Crippen LogP contribution in [0.15, 0.2) is 194 Å². The summed E-state index contributed by atoms with van der Waals surface area (Å²) >= 11 is 0. The Bertz CT molecular complexity index is 2740. The molecule has 0 aliphatic rings. The fourth-order valence-electron chi connectivity index (χ4n) is 7.56. The Morgan fingerprint density at radius 3 is 1.62 bits per heavy atom. The van der Waals surface area contributed by atoms with E-state index in [1.165, 1.54) is 5.39 Å². The van der Waals surface area contributed by atoms with Crippen molar-refractivity contribution in [3.05, 3.63) is 200 Å². The molecule has 9 aromatic rings. The molecular formula is C49H33N3. The van der Waals surface area contributed by atoms with Gasteiger partial charge in [-0.3, -0.25) is 0 Å². The van der Waals surface area contributed by atoms with Gasteiger partial charge in [-0.15, -0.1) is 0 Å². The van der Waals surface area contributed by atoms with Crippen molar-refractivity contribution in [1.29, 1.82) is 5.26 Å². The van der Waals surface area contributed by atoms with Gasteiger partial charge in [0.25, 0.3) is 0 Å². The second-order valence-corrected chi connectivity index (χ2v) is 12.9. The third-order valence-corrected chi connectivity index (χ3v) is 9.82. The van der Waals surface area contributed by atoms with Gasteiger partial charge in [0.1, 0.15) is 6.07 Å². The first-order valence-electron chi connectivity index (χ1n) is 17.5. The topological polar surface area (TPSA) is 40.8 Å². The van der Waals surface area contributed by atoms with Crippen LogP contribution >= 0.6 is 0 Å². The highest BCUT2D eigenvalue weighted by Crippen LogP contribution is 2.47. The van der Waals surface area contributed by atoms with Gasteiger partial charge in [-0.1, -0.05) is 146 Å². The Balaban J connectivity index is 1.35. The molecule has 0 amide bonds. The Hall–Kier alpha value is -7.15. The number of para-hydroxylation sites is 3. The fraction of sp³-hybridized carbons (Fsp3) is 0. The van der Waals surface area contributed by atoms with E-state index in [1.807, 2.05) is 60.7 Å². The van der Waals surface area contributed by atoms with Crippen LogP contribution in [-0.4, -0.2) is 4.57 Å². The molecule has 3 heteroatoms. The number of hydrogen-bond acceptors (Lipinski definition) is 2. The zero-order chi connectivity index (χ0) is 34.9. The molecular weight excluding hydrogens is 631 g/mol. The predicted octanol–water partition coefficient (Wildman–Crippen LogP) is 13.1. The summed E-state index contributed by atoms with van der Waals surface area (Å²) in [7, 11) is 0. The van der Waals surface area contributed by atoms with Crippen LogP contribution in [-0.2, 0) is 0 Å². The predicted molar refractivity (Wildman–Crippen MR) is 217 cm³/mol. The van der Waals surface area contributed by atoms with Gasteiger partial charge in [0, 0.05) is 38.8 Å². The monoisotopic (exact) mass is 663 g/mol. The maximum atomic E-state index is 11.2. The first kappa shape index (κ1) is 30.9. The Morgan fingerprint density at radius 1 is 0.404 bits per heavy atom. The summed E-state index contributed by atoms with van der Waals surface area (Å²) in [4.78, 5) is 0. The number of rotatable bonds is 7. The van der Waals surface area contributed by atoms with Crippen molar-refractivity contribution in [2.24, 2.45) is 0 Å². The average molecular weight is 664 g/mol. The third kappa shape index (κ3) is 5.40. The minimum absolute atomic E-state index is 0.655. The molecule has 1 heterocycles. The molecule has 1 N–H and O–H groups in total. The molecule has 0 saturated heterocycles. The highest BCUT2D eigenvalue weighted by atomic mass is 15.0. The number of nitrogens with one attached hydrogen (secondary N) is 1. The van der Waals surface area contributed by atoms with Gasteiger partial charge in [-0.05, 0) is 76.3 Å². The van der Waals surface area contributed by atoms with E-state index < -0.39 is 0 Å². The van der Waals surface area contributed by atoms with E-state index in [0.29, 0.717) is 5.56 Å². The molecule has 0 spiro atoms. The SMILES string of the molecule is N#Cc1c(-c2ccccc2)c(-c2ccccc2)cc(-c2ccccc2-n2c3ccccc3c3cc(Nc4ccccc4)ccc32)c1-c1ccccc1. The molecule has 0 radical (unpaired) electrons. The van der Waals surface area contributed by atoms with Gasteiger partial charge >= 0.3 is 0 Å². The Kier molecular flexibility index (Phi) is 7.89. The maximum absolute atomic E-state index is 11.2. The number of aromatic nitrogens is 1. The van der Waals surface area contributed by atoms with Gasteiger partial charge in [-0.2, -0.15) is 5.26 Å². The van der Waals surface area contributed by atoms with E-state index in [2.05, 4.69) is 149 Å². The van der Waals surface area contributed by atoms with Gasteiger partial charge in [0.2, 0.25) is 0 Å². The molecule has 3 nitrogen and oxygen atoms in total. The fourth-order valence-corrected chi connectivity index (χ4v) is 7.56. The summed E-state index contributed by atoms with van der Waals surface area (Å²) in [6.07, 6.45) is 0. The van der Waals surface area contributed by atoms with Gasteiger partial charge < -0.3 is 9.88 Å². The molecule has 0 unspecified atom stereocenters. The third-order valence-electron chi connectivity index (χ3n) is 9.82. The van der Waals surface area contributed by atoms with Crippen molar-refractivity contribution in [2.45, 2.75) is 0 Å². The molecule has 0 aliphatic carbocycles. The van der Waals surface area contributed by atoms with Crippen LogP contribution in [0.2, 0.25) is 0 Å². The molecule has 1 aromatic heterocycles. The lowest BCUT2D eigenvalue weighted by atomic mass is 9.81. The van der Waals surface area contributed by atoms with Gasteiger partial charge in [0.15, 0.2) is 0 Å². The van der Waals surface area contributed by atoms with Crippen LogP contribution in [0.1, 0.15) is 5.56 Å². The van der Waals surface area contributed by atoms with Crippen molar-refractivity contribution in [2.75, 3.05) is 5.32 Å². The van der Waals surface area contributed by atoms with Crippen molar-refractivity contribution in [3.8, 4) is 56.3 Å². The van der Waals surface area contributed by atoms with Gasteiger partial charge in [0.05, 0.1) is 22.3 Å². The molecule has 0 bridgehead atoms. The van der Waals surface area contributed by atoms with Crippen LogP contribution in [0.4, 0.5) is 11.4 Å². The molecule has 0 fully saturated rings. The minimum atomic E-state index is 0.655. The van der Waals surface area contributed by atoms with Crippen LogP contribution in [0.3, 0.4) is 0 Å². The number of nitriles is 1. The first-order valence-corrected chi connectivity index (χ1v) is 17.5. The summed E-state index contributed by atoms with van der Waals surface area (Å²) in [5, 5.41) is 17.1. The quantitative estimate of drug-likeness (QED) is 0.184. The zero-order valence-electron chi connectivity index (χ0n) is 28.4. The molecule has 0 aliphatic heterocycles. The van der Waals surface area contributed by atoms with E-state index in [0.717, 1.165) is 78.0 Å². The molecule has 52 heavy (non-hydrogen) atoms. The number of anilines is 2. The van der Waals surface area contributed by atoms with Crippen LogP contribution in [0.5, 0.6) is 0 Å². The number of fused-ring (bicyclic) bond motifs is 3. The number of hydrogen-bond donors (Lipinski definition) is 1. The van der Waals surface area contributed by atoms with Crippen LogP contribution < -0.4 is 5.32 Å². The summed E-state index contributed by atoms with van der Waals surface area (Å²) in [6.45, 7) is 0. The van der Waals surface area contributed by atoms with Gasteiger partial charge in [-0.25, -0.2) is 0 Å². The zero-order valence-corrected chi connectivity index (χ0v) is 28.4. The first-order chi connectivity index (χ1) is 25.8. The highest BCUT2D eigenvalue weighted by molar-refractivity contribution is 6.11. The summed E-state index contributed by atoms with van der Waals surface area (Å²) in [5.41, 5.74) is 14.0. The van der Waals surface area contributed by atoms with Crippen LogP contribution in [0.25, 0.3) is 72.0 Å². The summed E-state index contributed by atoms with van der Waals surface area (Å²) in [5.74, 6) is 0. The smallest absolute Gasteiger partial charge is 0.100 e. The van der Waals surface area contributed by atoms with E-state index in [9.17, 15) is 5.26 Å². The molecule has 9 rings (SSSR count). The van der Waals surface area contributed by atoms with Crippen LogP contribution in [0, 0.1) is 11.3 Å². The van der Waals surface area contributed by atoms with E-state index in [-0.39, 0.29) is 0 Å². The largest absolute Gasteiger partial charge is 0.356 e. The van der Waals surface area contributed by atoms with E-state index in [4.69, 9.17) is 0 Å². The minimum Gasteiger partial charge on any atom is -0.356 e. The maximum Gasteiger partial charge on any atom is 0.100 e. The summed E-state index contributed by atoms with van der Waals surface area (Å²) < 4.78 is 2.38. The van der Waals surface area contributed by atoms with E-state index in [1.54, 1.807) is 0 Å². The second-order valence-electron chi connectivity index (χ2n) is 12.9. The lowest BCUT2D eigenvalue weighted by Gasteiger charge is -2.22. The molecule has 244 valence electrons. The highest BCUT2D eigenvalue weighted by Gasteiger charge is 2.25. The Labute approximate surface area is 303 Å². The summed E-state index contributed by atoms with van der Waals surface area (Å²) in [6, 6.07) is 70.2. The molecule has 0 saturated carbocycles. The average Bonchev–Trinajstić information content (AvgIpc) is 3.55. The Morgan fingerprint density at radius 2 is 0.942 bits per heavy atom. The van der Waals surface area contributed by atoms with E-state index >= 15 is 0 Å². The van der Waals surface area contributed by atoms with Crippen molar-refractivity contribution in [1.82, 2.24) is 4.57 Å². The van der Waals surface area contributed by atoms with Crippen molar-refractivity contribution in [3.63, 3.8) is 0 Å². The standard InChI is InChI=1S/C49H33N3/c50-33-44-48(35-19-7-2-8-20-35)41(34-17-5-1-6-18-34)32-43(49(44)36-21-9-3-10-22-36)40-26-14-16-28-46(40)52-45-27-15-13-25-39(45)42-31-38(29-30-47(42)52)51-37-23-11-4-12-24-37/h1-32,51H. The lowest BCUT2D eigenvalue weighted by molar-refractivity contribution is 1.18. The lowest BCUT2D eigenvalue weighted by Crippen LogP contribution is -2.01. The normalized spacial score (nSPS) is 11.1. The molecule has 8 aromatic carbocycles. The number of benzene rings is 8. The second kappa shape index (κ2) is 13.3.